The summed E-state index contributed by atoms with van der Waals surface area (Å²) in [6, 6.07) is 20.8. The Morgan fingerprint density at radius 1 is 0.844 bits per heavy atom. The van der Waals surface area contributed by atoms with Crippen molar-refractivity contribution in [2.24, 2.45) is 0 Å². The third-order valence-electron chi connectivity index (χ3n) is 4.54. The standard InChI is InChI=1S/C23H17N3O4S2/c27-22(16-6-2-1-3-7-16)19-8-4-5-9-20(19)26-32(29,30)18-12-10-17(11-13-18)25-23(28)21-14-31-15-24-21/h1-15,26H,(H,25,28). The van der Waals surface area contributed by atoms with Gasteiger partial charge in [0, 0.05) is 22.2 Å². The minimum Gasteiger partial charge on any atom is -0.321 e. The van der Waals surface area contributed by atoms with Gasteiger partial charge in [0.25, 0.3) is 15.9 Å². The van der Waals surface area contributed by atoms with Crippen LogP contribution in [0.15, 0.2) is 94.6 Å². The first kappa shape index (κ1) is 21.4. The molecule has 0 spiro atoms. The van der Waals surface area contributed by atoms with Crippen LogP contribution < -0.4 is 10.0 Å². The van der Waals surface area contributed by atoms with Crippen LogP contribution in [0.25, 0.3) is 0 Å². The van der Waals surface area contributed by atoms with E-state index in [1.54, 1.807) is 59.4 Å². The lowest BCUT2D eigenvalue weighted by Gasteiger charge is -2.13. The fourth-order valence-electron chi connectivity index (χ4n) is 2.96. The molecule has 0 aliphatic rings. The van der Waals surface area contributed by atoms with Crippen molar-refractivity contribution in [2.45, 2.75) is 4.90 Å². The number of amides is 1. The first-order chi connectivity index (χ1) is 15.4. The fraction of sp³-hybridized carbons (Fsp3) is 0. The number of para-hydroxylation sites is 1. The van der Waals surface area contributed by atoms with E-state index in [4.69, 9.17) is 0 Å². The summed E-state index contributed by atoms with van der Waals surface area (Å²) in [4.78, 5) is 28.9. The first-order valence-corrected chi connectivity index (χ1v) is 11.9. The number of thiazole rings is 1. The lowest BCUT2D eigenvalue weighted by Crippen LogP contribution is -2.16. The zero-order valence-corrected chi connectivity index (χ0v) is 18.2. The van der Waals surface area contributed by atoms with Gasteiger partial charge in [0.2, 0.25) is 0 Å². The van der Waals surface area contributed by atoms with Crippen molar-refractivity contribution in [1.29, 1.82) is 0 Å². The number of hydrogen-bond donors (Lipinski definition) is 2. The van der Waals surface area contributed by atoms with Gasteiger partial charge in [-0.25, -0.2) is 13.4 Å². The highest BCUT2D eigenvalue weighted by molar-refractivity contribution is 7.92. The molecule has 0 aliphatic heterocycles. The number of benzene rings is 3. The summed E-state index contributed by atoms with van der Waals surface area (Å²) in [6.07, 6.45) is 0. The third kappa shape index (κ3) is 4.74. The average Bonchev–Trinajstić information content (AvgIpc) is 3.35. The van der Waals surface area contributed by atoms with Crippen LogP contribution in [0.3, 0.4) is 0 Å². The summed E-state index contributed by atoms with van der Waals surface area (Å²) in [5.74, 6) is -0.669. The van der Waals surface area contributed by atoms with Crippen molar-refractivity contribution in [3.8, 4) is 0 Å². The molecule has 1 heterocycles. The van der Waals surface area contributed by atoms with Gasteiger partial charge in [-0.3, -0.25) is 14.3 Å². The van der Waals surface area contributed by atoms with Gasteiger partial charge in [0.1, 0.15) is 5.69 Å². The fourth-order valence-corrected chi connectivity index (χ4v) is 4.57. The van der Waals surface area contributed by atoms with Crippen LogP contribution in [-0.2, 0) is 10.0 Å². The maximum Gasteiger partial charge on any atom is 0.275 e. The Labute approximate surface area is 188 Å². The van der Waals surface area contributed by atoms with E-state index in [1.807, 2.05) is 0 Å². The predicted octanol–water partition coefficient (Wildman–Crippen LogP) is 4.43. The number of rotatable bonds is 7. The van der Waals surface area contributed by atoms with Crippen LogP contribution in [0, 0.1) is 0 Å². The molecule has 3 aromatic carbocycles. The van der Waals surface area contributed by atoms with Crippen LogP contribution in [0.5, 0.6) is 0 Å². The third-order valence-corrected chi connectivity index (χ3v) is 6.51. The summed E-state index contributed by atoms with van der Waals surface area (Å²) in [5.41, 5.74) is 3.15. The van der Waals surface area contributed by atoms with Crippen molar-refractivity contribution >= 4 is 44.4 Å². The van der Waals surface area contributed by atoms with Crippen LogP contribution in [0.1, 0.15) is 26.4 Å². The Bertz CT molecular complexity index is 1350. The Kier molecular flexibility index (Phi) is 6.11. The molecule has 4 aromatic rings. The maximum atomic E-state index is 12.9. The van der Waals surface area contributed by atoms with Gasteiger partial charge in [-0.05, 0) is 36.4 Å². The number of hydrogen-bond acceptors (Lipinski definition) is 6. The molecule has 160 valence electrons. The summed E-state index contributed by atoms with van der Waals surface area (Å²) >= 11 is 1.30. The second-order valence-corrected chi connectivity index (χ2v) is 9.10. The molecule has 0 radical (unpaired) electrons. The minimum atomic E-state index is -3.97. The maximum absolute atomic E-state index is 12.9. The summed E-state index contributed by atoms with van der Waals surface area (Å²) in [6.45, 7) is 0. The molecule has 0 atom stereocenters. The molecular weight excluding hydrogens is 446 g/mol. The lowest BCUT2D eigenvalue weighted by molar-refractivity contribution is 0.102. The highest BCUT2D eigenvalue weighted by Gasteiger charge is 2.19. The van der Waals surface area contributed by atoms with E-state index in [9.17, 15) is 18.0 Å². The number of ketones is 1. The largest absolute Gasteiger partial charge is 0.321 e. The molecule has 0 saturated carbocycles. The van der Waals surface area contributed by atoms with Crippen molar-refractivity contribution in [3.05, 3.63) is 107 Å². The van der Waals surface area contributed by atoms with E-state index < -0.39 is 10.0 Å². The minimum absolute atomic E-state index is 0.00822. The Morgan fingerprint density at radius 3 is 2.22 bits per heavy atom. The number of nitrogens with one attached hydrogen (secondary N) is 2. The topological polar surface area (TPSA) is 105 Å². The zero-order chi connectivity index (χ0) is 22.6. The molecular formula is C23H17N3O4S2. The lowest BCUT2D eigenvalue weighted by atomic mass is 10.0. The SMILES string of the molecule is O=C(Nc1ccc(S(=O)(=O)Nc2ccccc2C(=O)c2ccccc2)cc1)c1cscn1. The van der Waals surface area contributed by atoms with Crippen LogP contribution in [-0.4, -0.2) is 25.1 Å². The number of anilines is 2. The molecule has 0 unspecified atom stereocenters. The van der Waals surface area contributed by atoms with Crippen molar-refractivity contribution in [3.63, 3.8) is 0 Å². The van der Waals surface area contributed by atoms with Crippen LogP contribution >= 0.6 is 11.3 Å². The van der Waals surface area contributed by atoms with Gasteiger partial charge in [-0.15, -0.1) is 11.3 Å². The predicted molar refractivity (Wildman–Crippen MR) is 124 cm³/mol. The molecule has 0 aliphatic carbocycles. The molecule has 32 heavy (non-hydrogen) atoms. The molecule has 0 bridgehead atoms. The second-order valence-electron chi connectivity index (χ2n) is 6.70. The summed E-state index contributed by atoms with van der Waals surface area (Å²) in [7, 11) is -3.97. The number of nitrogens with zero attached hydrogens (tertiary/aromatic N) is 1. The van der Waals surface area contributed by atoms with Gasteiger partial charge in [-0.2, -0.15) is 0 Å². The van der Waals surface area contributed by atoms with Crippen molar-refractivity contribution in [1.82, 2.24) is 4.98 Å². The Hall–Kier alpha value is -3.82. The average molecular weight is 464 g/mol. The summed E-state index contributed by atoms with van der Waals surface area (Å²) in [5, 5.41) is 4.28. The van der Waals surface area contributed by atoms with Crippen molar-refractivity contribution in [2.75, 3.05) is 10.0 Å². The number of carbonyl (C=O) groups excluding carboxylic acids is 2. The first-order valence-electron chi connectivity index (χ1n) is 9.45. The number of aromatic nitrogens is 1. The highest BCUT2D eigenvalue weighted by Crippen LogP contribution is 2.23. The summed E-state index contributed by atoms with van der Waals surface area (Å²) < 4.78 is 28.3. The van der Waals surface area contributed by atoms with E-state index in [2.05, 4.69) is 15.0 Å². The molecule has 4 rings (SSSR count). The molecule has 0 fully saturated rings. The molecule has 0 saturated heterocycles. The van der Waals surface area contributed by atoms with E-state index in [-0.39, 0.29) is 33.5 Å². The quantitative estimate of drug-likeness (QED) is 0.395. The molecule has 1 aromatic heterocycles. The zero-order valence-electron chi connectivity index (χ0n) is 16.6. The van der Waals surface area contributed by atoms with Crippen LogP contribution in [0.4, 0.5) is 11.4 Å². The van der Waals surface area contributed by atoms with Gasteiger partial charge in [0.05, 0.1) is 16.1 Å². The normalized spacial score (nSPS) is 11.0. The second kappa shape index (κ2) is 9.13. The molecule has 9 heteroatoms. The van der Waals surface area contributed by atoms with Gasteiger partial charge >= 0.3 is 0 Å². The molecule has 2 N–H and O–H groups in total. The van der Waals surface area contributed by atoms with E-state index in [0.717, 1.165) is 0 Å². The van der Waals surface area contributed by atoms with E-state index >= 15 is 0 Å². The van der Waals surface area contributed by atoms with E-state index in [0.29, 0.717) is 11.3 Å². The molecule has 7 nitrogen and oxygen atoms in total. The number of carbonyl (C=O) groups is 2. The van der Waals surface area contributed by atoms with E-state index in [1.165, 1.54) is 41.7 Å². The van der Waals surface area contributed by atoms with Gasteiger partial charge < -0.3 is 5.32 Å². The highest BCUT2D eigenvalue weighted by atomic mass is 32.2. The van der Waals surface area contributed by atoms with Crippen molar-refractivity contribution < 1.29 is 18.0 Å². The monoisotopic (exact) mass is 463 g/mol. The molecule has 1 amide bonds. The Morgan fingerprint density at radius 2 is 1.53 bits per heavy atom. The van der Waals surface area contributed by atoms with Gasteiger partial charge in [-0.1, -0.05) is 42.5 Å². The smallest absolute Gasteiger partial charge is 0.275 e. The van der Waals surface area contributed by atoms with Crippen LogP contribution in [0.2, 0.25) is 0 Å². The number of sulfonamides is 1. The van der Waals surface area contributed by atoms with Gasteiger partial charge in [0.15, 0.2) is 5.78 Å². The Balaban J connectivity index is 1.54.